The average molecular weight is 251 g/mol. The van der Waals surface area contributed by atoms with Gasteiger partial charge in [0.25, 0.3) is 0 Å². The molecule has 2 N–H and O–H groups in total. The molecule has 2 aromatic rings. The summed E-state index contributed by atoms with van der Waals surface area (Å²) >= 11 is 5.99. The molecular formula is C12H15ClN4. The fraction of sp³-hybridized carbons (Fsp3) is 0.333. The molecule has 0 spiro atoms. The summed E-state index contributed by atoms with van der Waals surface area (Å²) < 4.78 is 2.01. The van der Waals surface area contributed by atoms with Crippen LogP contribution in [0.1, 0.15) is 13.8 Å². The fourth-order valence-corrected chi connectivity index (χ4v) is 1.99. The van der Waals surface area contributed by atoms with E-state index in [4.69, 9.17) is 17.3 Å². The molecule has 0 aliphatic heterocycles. The number of hydrogen-bond acceptors (Lipinski definition) is 3. The summed E-state index contributed by atoms with van der Waals surface area (Å²) in [5.41, 5.74) is 7.30. The highest BCUT2D eigenvalue weighted by Gasteiger charge is 2.09. The van der Waals surface area contributed by atoms with Gasteiger partial charge in [-0.3, -0.25) is 0 Å². The molecule has 0 bridgehead atoms. The summed E-state index contributed by atoms with van der Waals surface area (Å²) in [5, 5.41) is 8.67. The summed E-state index contributed by atoms with van der Waals surface area (Å²) in [5.74, 6) is 1.33. The smallest absolute Gasteiger partial charge is 0.163 e. The van der Waals surface area contributed by atoms with Crippen molar-refractivity contribution >= 4 is 17.3 Å². The Morgan fingerprint density at radius 2 is 2.12 bits per heavy atom. The van der Waals surface area contributed by atoms with Crippen LogP contribution in [0.4, 0.5) is 5.69 Å². The molecule has 0 fully saturated rings. The Kier molecular flexibility index (Phi) is 3.33. The first kappa shape index (κ1) is 11.9. The van der Waals surface area contributed by atoms with Gasteiger partial charge in [-0.25, -0.2) is 0 Å². The molecule has 17 heavy (non-hydrogen) atoms. The molecule has 1 aromatic heterocycles. The minimum atomic E-state index is 0.529. The number of hydrogen-bond donors (Lipinski definition) is 1. The van der Waals surface area contributed by atoms with Crippen LogP contribution in [-0.4, -0.2) is 14.8 Å². The van der Waals surface area contributed by atoms with Crippen molar-refractivity contribution in [1.29, 1.82) is 0 Å². The van der Waals surface area contributed by atoms with Crippen molar-refractivity contribution in [2.75, 3.05) is 5.73 Å². The summed E-state index contributed by atoms with van der Waals surface area (Å²) in [6.45, 7) is 5.17. The highest BCUT2D eigenvalue weighted by Crippen LogP contribution is 2.24. The number of nitrogen functional groups attached to an aromatic ring is 1. The van der Waals surface area contributed by atoms with E-state index in [1.165, 1.54) is 0 Å². The van der Waals surface area contributed by atoms with E-state index in [1.54, 1.807) is 12.4 Å². The molecular weight excluding hydrogens is 236 g/mol. The van der Waals surface area contributed by atoms with Gasteiger partial charge in [-0.05, 0) is 24.1 Å². The van der Waals surface area contributed by atoms with Gasteiger partial charge in [0, 0.05) is 22.8 Å². The molecule has 0 unspecified atom stereocenters. The van der Waals surface area contributed by atoms with Gasteiger partial charge in [0.2, 0.25) is 0 Å². The molecule has 0 saturated heterocycles. The molecule has 1 heterocycles. The SMILES string of the molecule is CC(C)Cn1cnnc1-c1cc(N)cc(Cl)c1. The second-order valence-corrected chi connectivity index (χ2v) is 4.91. The van der Waals surface area contributed by atoms with E-state index >= 15 is 0 Å². The highest BCUT2D eigenvalue weighted by atomic mass is 35.5. The van der Waals surface area contributed by atoms with Gasteiger partial charge in [0.05, 0.1) is 0 Å². The Morgan fingerprint density at radius 1 is 1.35 bits per heavy atom. The Balaban J connectivity index is 2.42. The number of halogens is 1. The van der Waals surface area contributed by atoms with Crippen molar-refractivity contribution < 1.29 is 0 Å². The van der Waals surface area contributed by atoms with Crippen molar-refractivity contribution in [2.24, 2.45) is 5.92 Å². The van der Waals surface area contributed by atoms with Crippen molar-refractivity contribution in [3.8, 4) is 11.4 Å². The molecule has 5 heteroatoms. The number of aromatic nitrogens is 3. The first-order valence-electron chi connectivity index (χ1n) is 5.50. The van der Waals surface area contributed by atoms with E-state index in [-0.39, 0.29) is 0 Å². The van der Waals surface area contributed by atoms with E-state index in [0.29, 0.717) is 16.6 Å². The Hall–Kier alpha value is -1.55. The zero-order valence-electron chi connectivity index (χ0n) is 9.89. The summed E-state index contributed by atoms with van der Waals surface area (Å²) in [4.78, 5) is 0. The predicted octanol–water partition coefficient (Wildman–Crippen LogP) is 2.84. The lowest BCUT2D eigenvalue weighted by molar-refractivity contribution is 0.525. The van der Waals surface area contributed by atoms with Crippen LogP contribution in [0.2, 0.25) is 5.02 Å². The maximum absolute atomic E-state index is 5.99. The van der Waals surface area contributed by atoms with Crippen LogP contribution < -0.4 is 5.73 Å². The van der Waals surface area contributed by atoms with E-state index < -0.39 is 0 Å². The Labute approximate surface area is 105 Å². The number of benzene rings is 1. The lowest BCUT2D eigenvalue weighted by Gasteiger charge is -2.09. The number of nitrogens with two attached hydrogens (primary N) is 1. The first-order chi connectivity index (χ1) is 8.06. The zero-order chi connectivity index (χ0) is 12.4. The van der Waals surface area contributed by atoms with Gasteiger partial charge in [0.15, 0.2) is 5.82 Å². The summed E-state index contributed by atoms with van der Waals surface area (Å²) in [7, 11) is 0. The van der Waals surface area contributed by atoms with Crippen LogP contribution in [-0.2, 0) is 6.54 Å². The van der Waals surface area contributed by atoms with Gasteiger partial charge in [-0.1, -0.05) is 25.4 Å². The molecule has 1 aromatic carbocycles. The maximum atomic E-state index is 5.99. The monoisotopic (exact) mass is 250 g/mol. The van der Waals surface area contributed by atoms with Crippen LogP contribution >= 0.6 is 11.6 Å². The molecule has 0 saturated carbocycles. The number of anilines is 1. The molecule has 0 aliphatic carbocycles. The minimum Gasteiger partial charge on any atom is -0.399 e. The third kappa shape index (κ3) is 2.77. The molecule has 4 nitrogen and oxygen atoms in total. The fourth-order valence-electron chi connectivity index (χ4n) is 1.75. The number of rotatable bonds is 3. The maximum Gasteiger partial charge on any atom is 0.163 e. The Morgan fingerprint density at radius 3 is 2.76 bits per heavy atom. The van der Waals surface area contributed by atoms with Crippen molar-refractivity contribution in [3.05, 3.63) is 29.5 Å². The van der Waals surface area contributed by atoms with Crippen LogP contribution in [0.15, 0.2) is 24.5 Å². The van der Waals surface area contributed by atoms with E-state index in [0.717, 1.165) is 17.9 Å². The van der Waals surface area contributed by atoms with E-state index in [2.05, 4.69) is 24.0 Å². The van der Waals surface area contributed by atoms with E-state index in [1.807, 2.05) is 16.7 Å². The predicted molar refractivity (Wildman–Crippen MR) is 69.7 cm³/mol. The van der Waals surface area contributed by atoms with Crippen LogP contribution in [0, 0.1) is 5.92 Å². The van der Waals surface area contributed by atoms with Crippen molar-refractivity contribution in [3.63, 3.8) is 0 Å². The third-order valence-corrected chi connectivity index (χ3v) is 2.57. The molecule has 0 atom stereocenters. The minimum absolute atomic E-state index is 0.529. The molecule has 90 valence electrons. The van der Waals surface area contributed by atoms with Crippen molar-refractivity contribution in [2.45, 2.75) is 20.4 Å². The third-order valence-electron chi connectivity index (χ3n) is 2.36. The number of nitrogens with zero attached hydrogens (tertiary/aromatic N) is 3. The van der Waals surface area contributed by atoms with Gasteiger partial charge in [-0.15, -0.1) is 10.2 Å². The molecule has 2 rings (SSSR count). The largest absolute Gasteiger partial charge is 0.399 e. The second kappa shape index (κ2) is 4.75. The normalized spacial score (nSPS) is 11.1. The second-order valence-electron chi connectivity index (χ2n) is 4.47. The van der Waals surface area contributed by atoms with Gasteiger partial charge in [-0.2, -0.15) is 0 Å². The topological polar surface area (TPSA) is 56.7 Å². The van der Waals surface area contributed by atoms with Gasteiger partial charge in [0.1, 0.15) is 6.33 Å². The first-order valence-corrected chi connectivity index (χ1v) is 5.88. The standard InChI is InChI=1S/C12H15ClN4/c1-8(2)6-17-7-15-16-12(17)9-3-10(13)5-11(14)4-9/h3-5,7-8H,6,14H2,1-2H3. The molecule has 0 amide bonds. The van der Waals surface area contributed by atoms with Crippen LogP contribution in [0.3, 0.4) is 0 Å². The average Bonchev–Trinajstić information content (AvgIpc) is 2.63. The van der Waals surface area contributed by atoms with Gasteiger partial charge >= 0.3 is 0 Å². The van der Waals surface area contributed by atoms with Gasteiger partial charge < -0.3 is 10.3 Å². The van der Waals surface area contributed by atoms with E-state index in [9.17, 15) is 0 Å². The molecule has 0 radical (unpaired) electrons. The molecule has 0 aliphatic rings. The van der Waals surface area contributed by atoms with Crippen LogP contribution in [0.25, 0.3) is 11.4 Å². The summed E-state index contributed by atoms with van der Waals surface area (Å²) in [6.07, 6.45) is 1.73. The quantitative estimate of drug-likeness (QED) is 0.853. The summed E-state index contributed by atoms with van der Waals surface area (Å²) in [6, 6.07) is 5.42. The lowest BCUT2D eigenvalue weighted by atomic mass is 10.1. The highest BCUT2D eigenvalue weighted by molar-refractivity contribution is 6.31. The van der Waals surface area contributed by atoms with Crippen molar-refractivity contribution in [1.82, 2.24) is 14.8 Å². The zero-order valence-corrected chi connectivity index (χ0v) is 10.6. The van der Waals surface area contributed by atoms with Crippen LogP contribution in [0.5, 0.6) is 0 Å². The lowest BCUT2D eigenvalue weighted by Crippen LogP contribution is -2.05. The Bertz CT molecular complexity index is 499.